The van der Waals surface area contributed by atoms with Crippen molar-refractivity contribution in [3.05, 3.63) is 101 Å². The van der Waals surface area contributed by atoms with E-state index in [9.17, 15) is 9.59 Å². The second kappa shape index (κ2) is 12.9. The van der Waals surface area contributed by atoms with Crippen LogP contribution in [0.5, 0.6) is 5.75 Å². The Morgan fingerprint density at radius 2 is 1.58 bits per heavy atom. The summed E-state index contributed by atoms with van der Waals surface area (Å²) in [6.07, 6.45) is 1.23. The van der Waals surface area contributed by atoms with Crippen LogP contribution in [0.25, 0.3) is 0 Å². The summed E-state index contributed by atoms with van der Waals surface area (Å²) in [5.41, 5.74) is 5.22. The molecule has 1 N–H and O–H groups in total. The average molecular weight is 487 g/mol. The van der Waals surface area contributed by atoms with Crippen LogP contribution in [0.2, 0.25) is 0 Å². The molecule has 0 saturated heterocycles. The number of carbonyl (C=O) groups is 2. The Kier molecular flexibility index (Phi) is 9.69. The Morgan fingerprint density at radius 1 is 0.889 bits per heavy atom. The molecule has 2 atom stereocenters. The molecule has 0 unspecified atom stereocenters. The number of hydrogen-bond acceptors (Lipinski definition) is 3. The SMILES string of the molecule is CC[C@H](C)NC(=O)[C@@H](Cc1ccccc1)N(Cc1ccc(C)cc1)C(=O)COc1cccc(C)c1C. The van der Waals surface area contributed by atoms with Crippen molar-refractivity contribution in [2.75, 3.05) is 6.61 Å². The van der Waals surface area contributed by atoms with Crippen molar-refractivity contribution in [1.29, 1.82) is 0 Å². The summed E-state index contributed by atoms with van der Waals surface area (Å²) in [7, 11) is 0. The fourth-order valence-electron chi connectivity index (χ4n) is 3.99. The topological polar surface area (TPSA) is 58.6 Å². The van der Waals surface area contributed by atoms with Crippen LogP contribution >= 0.6 is 0 Å². The van der Waals surface area contributed by atoms with E-state index >= 15 is 0 Å². The Labute approximate surface area is 215 Å². The van der Waals surface area contributed by atoms with Crippen LogP contribution in [0.3, 0.4) is 0 Å². The van der Waals surface area contributed by atoms with E-state index in [0.717, 1.165) is 34.2 Å². The number of hydrogen-bond donors (Lipinski definition) is 1. The Morgan fingerprint density at radius 3 is 2.25 bits per heavy atom. The van der Waals surface area contributed by atoms with E-state index in [-0.39, 0.29) is 24.5 Å². The molecule has 5 nitrogen and oxygen atoms in total. The molecule has 0 spiro atoms. The van der Waals surface area contributed by atoms with Crippen LogP contribution < -0.4 is 10.1 Å². The number of nitrogens with one attached hydrogen (secondary N) is 1. The van der Waals surface area contributed by atoms with Crippen molar-refractivity contribution in [2.45, 2.75) is 66.1 Å². The number of ether oxygens (including phenoxy) is 1. The standard InChI is InChI=1S/C31H38N2O3/c1-6-24(4)32-31(35)28(19-26-12-8-7-9-13-26)33(20-27-17-15-22(2)16-18-27)30(34)21-36-29-14-10-11-23(3)25(29)5/h7-18,24,28H,6,19-21H2,1-5H3,(H,32,35)/t24-,28+/m0/s1. The maximum Gasteiger partial charge on any atom is 0.261 e. The summed E-state index contributed by atoms with van der Waals surface area (Å²) in [6.45, 7) is 10.2. The first-order valence-electron chi connectivity index (χ1n) is 12.7. The smallest absolute Gasteiger partial charge is 0.261 e. The molecular weight excluding hydrogens is 448 g/mol. The highest BCUT2D eigenvalue weighted by atomic mass is 16.5. The number of carbonyl (C=O) groups excluding carboxylic acids is 2. The summed E-state index contributed by atoms with van der Waals surface area (Å²) in [6, 6.07) is 23.1. The largest absolute Gasteiger partial charge is 0.483 e. The van der Waals surface area contributed by atoms with E-state index in [1.165, 1.54) is 0 Å². The highest BCUT2D eigenvalue weighted by Gasteiger charge is 2.31. The zero-order valence-electron chi connectivity index (χ0n) is 22.1. The van der Waals surface area contributed by atoms with Gasteiger partial charge in [-0.05, 0) is 62.4 Å². The minimum atomic E-state index is -0.669. The molecule has 5 heteroatoms. The highest BCUT2D eigenvalue weighted by molar-refractivity contribution is 5.88. The van der Waals surface area contributed by atoms with E-state index < -0.39 is 6.04 Å². The summed E-state index contributed by atoms with van der Waals surface area (Å²) in [4.78, 5) is 28.9. The maximum absolute atomic E-state index is 13.7. The van der Waals surface area contributed by atoms with Gasteiger partial charge in [-0.3, -0.25) is 9.59 Å². The average Bonchev–Trinajstić information content (AvgIpc) is 2.88. The molecule has 0 bridgehead atoms. The molecule has 0 aliphatic heterocycles. The molecule has 3 aromatic carbocycles. The number of rotatable bonds is 11. The quantitative estimate of drug-likeness (QED) is 0.387. The lowest BCUT2D eigenvalue weighted by Crippen LogP contribution is -2.53. The van der Waals surface area contributed by atoms with Crippen LogP contribution in [-0.2, 0) is 22.6 Å². The lowest BCUT2D eigenvalue weighted by atomic mass is 10.0. The Balaban J connectivity index is 1.92. The zero-order chi connectivity index (χ0) is 26.1. The molecule has 36 heavy (non-hydrogen) atoms. The van der Waals surface area contributed by atoms with Crippen molar-refractivity contribution in [3.63, 3.8) is 0 Å². The summed E-state index contributed by atoms with van der Waals surface area (Å²) < 4.78 is 5.98. The van der Waals surface area contributed by atoms with Crippen LogP contribution in [0, 0.1) is 20.8 Å². The van der Waals surface area contributed by atoms with Crippen molar-refractivity contribution in [2.24, 2.45) is 0 Å². The Bertz CT molecular complexity index is 1140. The number of amides is 2. The van der Waals surface area contributed by atoms with E-state index in [4.69, 9.17) is 4.74 Å². The van der Waals surface area contributed by atoms with Crippen molar-refractivity contribution in [3.8, 4) is 5.75 Å². The summed E-state index contributed by atoms with van der Waals surface area (Å²) in [5.74, 6) is 0.305. The van der Waals surface area contributed by atoms with Gasteiger partial charge in [-0.1, -0.05) is 79.2 Å². The van der Waals surface area contributed by atoms with Gasteiger partial charge >= 0.3 is 0 Å². The molecule has 190 valence electrons. The van der Waals surface area contributed by atoms with Crippen LogP contribution in [0.1, 0.15) is 48.1 Å². The van der Waals surface area contributed by atoms with Gasteiger partial charge in [0.1, 0.15) is 11.8 Å². The first-order valence-corrected chi connectivity index (χ1v) is 12.7. The van der Waals surface area contributed by atoms with E-state index in [1.807, 2.05) is 107 Å². The Hall–Kier alpha value is -3.60. The first kappa shape index (κ1) is 27.0. The van der Waals surface area contributed by atoms with Crippen LogP contribution in [0.4, 0.5) is 0 Å². The fraction of sp³-hybridized carbons (Fsp3) is 0.355. The zero-order valence-corrected chi connectivity index (χ0v) is 22.1. The van der Waals surface area contributed by atoms with Gasteiger partial charge in [0, 0.05) is 19.0 Å². The molecule has 2 amide bonds. The second-order valence-corrected chi connectivity index (χ2v) is 9.52. The lowest BCUT2D eigenvalue weighted by Gasteiger charge is -2.32. The molecule has 0 aromatic heterocycles. The van der Waals surface area contributed by atoms with E-state index in [1.54, 1.807) is 4.90 Å². The molecule has 0 saturated carbocycles. The van der Waals surface area contributed by atoms with Gasteiger partial charge in [0.05, 0.1) is 0 Å². The van der Waals surface area contributed by atoms with Crippen LogP contribution in [0.15, 0.2) is 72.8 Å². The third kappa shape index (κ3) is 7.45. The summed E-state index contributed by atoms with van der Waals surface area (Å²) in [5, 5.41) is 3.10. The van der Waals surface area contributed by atoms with Gasteiger partial charge in [-0.2, -0.15) is 0 Å². The monoisotopic (exact) mass is 486 g/mol. The van der Waals surface area contributed by atoms with Gasteiger partial charge in [0.15, 0.2) is 6.61 Å². The number of aryl methyl sites for hydroxylation is 2. The van der Waals surface area contributed by atoms with Crippen LogP contribution in [-0.4, -0.2) is 35.4 Å². The third-order valence-corrected chi connectivity index (χ3v) is 6.65. The van der Waals surface area contributed by atoms with Gasteiger partial charge in [0.25, 0.3) is 5.91 Å². The van der Waals surface area contributed by atoms with Gasteiger partial charge in [0.2, 0.25) is 5.91 Å². The second-order valence-electron chi connectivity index (χ2n) is 9.52. The normalized spacial score (nSPS) is 12.5. The number of benzene rings is 3. The highest BCUT2D eigenvalue weighted by Crippen LogP contribution is 2.21. The van der Waals surface area contributed by atoms with Gasteiger partial charge in [-0.25, -0.2) is 0 Å². The predicted octanol–water partition coefficient (Wildman–Crippen LogP) is 5.55. The fourth-order valence-corrected chi connectivity index (χ4v) is 3.99. The molecule has 0 fully saturated rings. The molecule has 0 aliphatic carbocycles. The molecule has 0 heterocycles. The first-order chi connectivity index (χ1) is 17.3. The molecule has 0 aliphatic rings. The van der Waals surface area contributed by atoms with E-state index in [0.29, 0.717) is 18.7 Å². The van der Waals surface area contributed by atoms with E-state index in [2.05, 4.69) is 5.32 Å². The molecular formula is C31H38N2O3. The molecule has 3 aromatic rings. The predicted molar refractivity (Wildman–Crippen MR) is 145 cm³/mol. The third-order valence-electron chi connectivity index (χ3n) is 6.65. The number of nitrogens with zero attached hydrogens (tertiary/aromatic N) is 1. The molecule has 3 rings (SSSR count). The summed E-state index contributed by atoms with van der Waals surface area (Å²) >= 11 is 0. The minimum Gasteiger partial charge on any atom is -0.483 e. The maximum atomic E-state index is 13.7. The lowest BCUT2D eigenvalue weighted by molar-refractivity contribution is -0.143. The molecule has 0 radical (unpaired) electrons. The van der Waals surface area contributed by atoms with Crippen molar-refractivity contribution in [1.82, 2.24) is 10.2 Å². The minimum absolute atomic E-state index is 0.0123. The van der Waals surface area contributed by atoms with Gasteiger partial charge < -0.3 is 15.0 Å². The van der Waals surface area contributed by atoms with Gasteiger partial charge in [-0.15, -0.1) is 0 Å². The van der Waals surface area contributed by atoms with Crippen molar-refractivity contribution >= 4 is 11.8 Å². The van der Waals surface area contributed by atoms with Crippen molar-refractivity contribution < 1.29 is 14.3 Å².